The highest BCUT2D eigenvalue weighted by atomic mass is 16.5. The lowest BCUT2D eigenvalue weighted by Crippen LogP contribution is -2.33. The summed E-state index contributed by atoms with van der Waals surface area (Å²) < 4.78 is 27.7. The van der Waals surface area contributed by atoms with E-state index >= 15 is 0 Å². The molecule has 1 aliphatic heterocycles. The van der Waals surface area contributed by atoms with E-state index in [0.29, 0.717) is 11.5 Å². The maximum absolute atomic E-state index is 5.72. The largest absolute Gasteiger partial charge is 0.493 e. The average molecular weight is 387 g/mol. The van der Waals surface area contributed by atoms with E-state index in [0.717, 1.165) is 36.6 Å². The van der Waals surface area contributed by atoms with Crippen molar-refractivity contribution >= 4 is 0 Å². The van der Waals surface area contributed by atoms with Gasteiger partial charge in [-0.15, -0.1) is 0 Å². The van der Waals surface area contributed by atoms with Crippen molar-refractivity contribution in [2.24, 2.45) is 0 Å². The zero-order valence-corrected chi connectivity index (χ0v) is 17.5. The first-order valence-electron chi connectivity index (χ1n) is 9.30. The second-order valence-electron chi connectivity index (χ2n) is 6.85. The van der Waals surface area contributed by atoms with E-state index < -0.39 is 0 Å². The Balaban J connectivity index is 2.04. The number of ether oxygens (including phenoxy) is 5. The molecule has 0 saturated heterocycles. The van der Waals surface area contributed by atoms with E-state index in [9.17, 15) is 0 Å². The third kappa shape index (κ3) is 3.56. The number of rotatable bonds is 7. The number of benzene rings is 2. The summed E-state index contributed by atoms with van der Waals surface area (Å²) in [5.41, 5.74) is 3.57. The lowest BCUT2D eigenvalue weighted by Gasteiger charge is -2.36. The Labute approximate surface area is 166 Å². The van der Waals surface area contributed by atoms with E-state index in [-0.39, 0.29) is 6.04 Å². The van der Waals surface area contributed by atoms with Crippen molar-refractivity contribution in [3.8, 4) is 28.7 Å². The molecule has 1 unspecified atom stereocenters. The predicted octanol–water partition coefficient (Wildman–Crippen LogP) is 3.50. The van der Waals surface area contributed by atoms with Crippen LogP contribution in [0.25, 0.3) is 0 Å². The fourth-order valence-corrected chi connectivity index (χ4v) is 3.97. The van der Waals surface area contributed by atoms with Gasteiger partial charge in [0.15, 0.2) is 23.0 Å². The van der Waals surface area contributed by atoms with Crippen molar-refractivity contribution in [2.45, 2.75) is 18.9 Å². The molecule has 0 fully saturated rings. The first-order chi connectivity index (χ1) is 13.6. The number of hydrogen-bond donors (Lipinski definition) is 0. The van der Waals surface area contributed by atoms with Crippen molar-refractivity contribution in [1.29, 1.82) is 0 Å². The molecule has 2 aromatic rings. The number of likely N-dealkylation sites (N-methyl/N-ethyl adjacent to an activating group) is 1. The van der Waals surface area contributed by atoms with Crippen LogP contribution in [-0.4, -0.2) is 54.0 Å². The molecule has 0 radical (unpaired) electrons. The van der Waals surface area contributed by atoms with Crippen molar-refractivity contribution in [3.63, 3.8) is 0 Å². The Morgan fingerprint density at radius 3 is 2.11 bits per heavy atom. The average Bonchev–Trinajstić information content (AvgIpc) is 2.73. The summed E-state index contributed by atoms with van der Waals surface area (Å²) in [6, 6.07) is 8.35. The number of fused-ring (bicyclic) bond motifs is 1. The lowest BCUT2D eigenvalue weighted by atomic mass is 9.87. The highest BCUT2D eigenvalue weighted by Crippen LogP contribution is 2.47. The summed E-state index contributed by atoms with van der Waals surface area (Å²) in [7, 11) is 10.4. The monoisotopic (exact) mass is 387 g/mol. The Hall–Kier alpha value is -2.60. The summed E-state index contributed by atoms with van der Waals surface area (Å²) in [6.07, 6.45) is 1.74. The minimum absolute atomic E-state index is 0.190. The zero-order valence-electron chi connectivity index (χ0n) is 17.5. The van der Waals surface area contributed by atoms with Crippen LogP contribution in [-0.2, 0) is 12.8 Å². The van der Waals surface area contributed by atoms with Gasteiger partial charge in [-0.05, 0) is 49.2 Å². The SMILES string of the molecule is COc1ccc(CC2c3cc(OC)c(OC)c(OC)c3CCN2C)cc1OC. The first-order valence-corrected chi connectivity index (χ1v) is 9.30. The number of nitrogens with zero attached hydrogens (tertiary/aromatic N) is 1. The van der Waals surface area contributed by atoms with E-state index in [4.69, 9.17) is 23.7 Å². The standard InChI is InChI=1S/C22H29NO5/c1-23-10-9-15-16(13-20(26-4)22(28-6)21(15)27-5)17(23)11-14-7-8-18(24-2)19(12-14)25-3/h7-8,12-13,17H,9-11H2,1-6H3. The van der Waals surface area contributed by atoms with Gasteiger partial charge in [0.25, 0.3) is 0 Å². The van der Waals surface area contributed by atoms with Crippen LogP contribution in [0.1, 0.15) is 22.7 Å². The van der Waals surface area contributed by atoms with Gasteiger partial charge in [-0.1, -0.05) is 6.07 Å². The van der Waals surface area contributed by atoms with Crippen molar-refractivity contribution in [3.05, 3.63) is 41.0 Å². The highest BCUT2D eigenvalue weighted by Gasteiger charge is 2.31. The molecule has 1 atom stereocenters. The predicted molar refractivity (Wildman–Crippen MR) is 108 cm³/mol. The van der Waals surface area contributed by atoms with Crippen LogP contribution in [0.2, 0.25) is 0 Å². The molecule has 0 amide bonds. The summed E-state index contributed by atoms with van der Waals surface area (Å²) in [5, 5.41) is 0. The van der Waals surface area contributed by atoms with Gasteiger partial charge in [-0.2, -0.15) is 0 Å². The maximum atomic E-state index is 5.72. The van der Waals surface area contributed by atoms with Crippen molar-refractivity contribution < 1.29 is 23.7 Å². The Morgan fingerprint density at radius 1 is 0.821 bits per heavy atom. The van der Waals surface area contributed by atoms with Gasteiger partial charge >= 0.3 is 0 Å². The van der Waals surface area contributed by atoms with Crippen LogP contribution in [0, 0.1) is 0 Å². The van der Waals surface area contributed by atoms with Crippen LogP contribution in [0.5, 0.6) is 28.7 Å². The Bertz CT molecular complexity index is 836. The second kappa shape index (κ2) is 8.61. The molecule has 3 rings (SSSR count). The van der Waals surface area contributed by atoms with Crippen LogP contribution in [0.4, 0.5) is 0 Å². The van der Waals surface area contributed by atoms with Crippen LogP contribution < -0.4 is 23.7 Å². The van der Waals surface area contributed by atoms with E-state index in [1.807, 2.05) is 12.1 Å². The van der Waals surface area contributed by atoms with E-state index in [1.165, 1.54) is 16.7 Å². The molecule has 1 aliphatic rings. The van der Waals surface area contributed by atoms with Gasteiger partial charge in [-0.3, -0.25) is 4.90 Å². The quantitative estimate of drug-likeness (QED) is 0.725. The third-order valence-corrected chi connectivity index (χ3v) is 5.45. The van der Waals surface area contributed by atoms with E-state index in [1.54, 1.807) is 35.5 Å². The molecule has 0 bridgehead atoms. The van der Waals surface area contributed by atoms with Crippen LogP contribution >= 0.6 is 0 Å². The van der Waals surface area contributed by atoms with Gasteiger partial charge in [0.2, 0.25) is 5.75 Å². The molecule has 1 heterocycles. The number of hydrogen-bond acceptors (Lipinski definition) is 6. The molecule has 2 aromatic carbocycles. The molecular weight excluding hydrogens is 358 g/mol. The first kappa shape index (κ1) is 20.1. The lowest BCUT2D eigenvalue weighted by molar-refractivity contribution is 0.223. The molecule has 6 nitrogen and oxygen atoms in total. The summed E-state index contributed by atoms with van der Waals surface area (Å²) in [5.74, 6) is 3.58. The normalized spacial score (nSPS) is 16.3. The molecule has 0 N–H and O–H groups in total. The van der Waals surface area contributed by atoms with Gasteiger partial charge in [0, 0.05) is 18.2 Å². The third-order valence-electron chi connectivity index (χ3n) is 5.45. The van der Waals surface area contributed by atoms with Gasteiger partial charge in [0.1, 0.15) is 0 Å². The van der Waals surface area contributed by atoms with Crippen molar-refractivity contribution in [1.82, 2.24) is 4.90 Å². The highest BCUT2D eigenvalue weighted by molar-refractivity contribution is 5.60. The zero-order chi connectivity index (χ0) is 20.3. The summed E-state index contributed by atoms with van der Waals surface area (Å²) in [6.45, 7) is 0.941. The molecule has 152 valence electrons. The minimum atomic E-state index is 0.190. The maximum Gasteiger partial charge on any atom is 0.203 e. The molecule has 6 heteroatoms. The van der Waals surface area contributed by atoms with Gasteiger partial charge in [-0.25, -0.2) is 0 Å². The molecule has 28 heavy (non-hydrogen) atoms. The summed E-state index contributed by atoms with van der Waals surface area (Å²) >= 11 is 0. The van der Waals surface area contributed by atoms with Crippen molar-refractivity contribution in [2.75, 3.05) is 49.1 Å². The second-order valence-corrected chi connectivity index (χ2v) is 6.85. The smallest absolute Gasteiger partial charge is 0.203 e. The molecular formula is C22H29NO5. The fraction of sp³-hybridized carbons (Fsp3) is 0.455. The van der Waals surface area contributed by atoms with Crippen LogP contribution in [0.15, 0.2) is 24.3 Å². The molecule has 0 aromatic heterocycles. The van der Waals surface area contributed by atoms with E-state index in [2.05, 4.69) is 24.1 Å². The molecule has 0 saturated carbocycles. The van der Waals surface area contributed by atoms with Gasteiger partial charge in [0.05, 0.1) is 35.5 Å². The fourth-order valence-electron chi connectivity index (χ4n) is 3.97. The molecule has 0 spiro atoms. The Kier molecular flexibility index (Phi) is 6.19. The number of methoxy groups -OCH3 is 5. The topological polar surface area (TPSA) is 49.4 Å². The van der Waals surface area contributed by atoms with Gasteiger partial charge < -0.3 is 23.7 Å². The Morgan fingerprint density at radius 2 is 1.50 bits per heavy atom. The molecule has 0 aliphatic carbocycles. The summed E-state index contributed by atoms with van der Waals surface area (Å²) in [4.78, 5) is 2.37. The van der Waals surface area contributed by atoms with Crippen LogP contribution in [0.3, 0.4) is 0 Å². The minimum Gasteiger partial charge on any atom is -0.493 e.